The number of hydrogen-bond acceptors (Lipinski definition) is 4. The maximum absolute atomic E-state index is 14.0. The number of hydrogen-bond donors (Lipinski definition) is 2. The van der Waals surface area contributed by atoms with Crippen LogP contribution >= 0.6 is 0 Å². The van der Waals surface area contributed by atoms with Crippen molar-refractivity contribution in [2.45, 2.75) is 72.2 Å². The first-order chi connectivity index (χ1) is 17.5. The van der Waals surface area contributed by atoms with E-state index in [9.17, 15) is 14.4 Å². The highest BCUT2D eigenvalue weighted by Crippen LogP contribution is 2.27. The molecule has 0 saturated carbocycles. The Hall–Kier alpha value is -3.79. The van der Waals surface area contributed by atoms with E-state index in [2.05, 4.69) is 16.6 Å². The number of alkyl carbamates (subject to hydrolysis) is 1. The summed E-state index contributed by atoms with van der Waals surface area (Å²) in [6.45, 7) is 11.5. The van der Waals surface area contributed by atoms with E-state index in [1.54, 1.807) is 45.0 Å². The van der Waals surface area contributed by atoms with Crippen LogP contribution in [0.1, 0.15) is 70.7 Å². The van der Waals surface area contributed by atoms with E-state index < -0.39 is 23.8 Å². The first-order valence-corrected chi connectivity index (χ1v) is 12.7. The summed E-state index contributed by atoms with van der Waals surface area (Å²) in [5.41, 5.74) is 1.29. The lowest BCUT2D eigenvalue weighted by Crippen LogP contribution is -2.55. The predicted molar refractivity (Wildman–Crippen MR) is 145 cm³/mol. The van der Waals surface area contributed by atoms with E-state index in [1.807, 2.05) is 51.1 Å². The van der Waals surface area contributed by atoms with Crippen molar-refractivity contribution in [2.75, 3.05) is 6.54 Å². The van der Waals surface area contributed by atoms with Crippen LogP contribution in [0.4, 0.5) is 4.79 Å². The maximum Gasteiger partial charge on any atom is 0.408 e. The summed E-state index contributed by atoms with van der Waals surface area (Å²) in [7, 11) is 0. The van der Waals surface area contributed by atoms with Crippen LogP contribution in [0.5, 0.6) is 0 Å². The minimum Gasteiger partial charge on any atom is -0.444 e. The molecule has 0 bridgehead atoms. The third-order valence-corrected chi connectivity index (χ3v) is 5.63. The maximum atomic E-state index is 14.0. The Morgan fingerprint density at radius 2 is 1.65 bits per heavy atom. The zero-order valence-corrected chi connectivity index (χ0v) is 22.7. The molecule has 0 spiro atoms. The second-order valence-electron chi connectivity index (χ2n) is 10.2. The number of rotatable bonds is 10. The number of amides is 3. The summed E-state index contributed by atoms with van der Waals surface area (Å²) in [6, 6.07) is 14.8. The molecule has 0 aliphatic rings. The molecule has 2 unspecified atom stereocenters. The molecule has 2 N–H and O–H groups in total. The number of terminal acetylenes is 1. The smallest absolute Gasteiger partial charge is 0.408 e. The van der Waals surface area contributed by atoms with E-state index in [-0.39, 0.29) is 17.7 Å². The minimum atomic E-state index is -0.981. The van der Waals surface area contributed by atoms with Gasteiger partial charge in [-0.25, -0.2) is 4.79 Å². The Kier molecular flexibility index (Phi) is 10.7. The average molecular weight is 506 g/mol. The molecule has 0 aromatic heterocycles. The predicted octanol–water partition coefficient (Wildman–Crippen LogP) is 4.81. The molecular weight excluding hydrogens is 466 g/mol. The van der Waals surface area contributed by atoms with Gasteiger partial charge >= 0.3 is 6.09 Å². The minimum absolute atomic E-state index is 0.254. The highest BCUT2D eigenvalue weighted by molar-refractivity contribution is 5.92. The molecule has 0 aliphatic heterocycles. The lowest BCUT2D eigenvalue weighted by atomic mass is 9.95. The van der Waals surface area contributed by atoms with Gasteiger partial charge in [-0.1, -0.05) is 75.2 Å². The highest BCUT2D eigenvalue weighted by Gasteiger charge is 2.37. The Morgan fingerprint density at radius 3 is 2.22 bits per heavy atom. The van der Waals surface area contributed by atoms with Crippen LogP contribution in [-0.4, -0.2) is 41.0 Å². The SMILES string of the molecule is C#Cc1ccccc1C(C(=O)NCc1ccccc1)N(CCC)C(=O)C(NC(=O)OC(C)(C)C)C(C)C. The van der Waals surface area contributed by atoms with E-state index in [1.165, 1.54) is 4.90 Å². The molecule has 37 heavy (non-hydrogen) atoms. The van der Waals surface area contributed by atoms with Crippen molar-refractivity contribution in [2.24, 2.45) is 5.92 Å². The van der Waals surface area contributed by atoms with Crippen LogP contribution in [0.3, 0.4) is 0 Å². The van der Waals surface area contributed by atoms with Crippen LogP contribution in [0.25, 0.3) is 0 Å². The third-order valence-electron chi connectivity index (χ3n) is 5.63. The first-order valence-electron chi connectivity index (χ1n) is 12.7. The Bertz CT molecular complexity index is 1100. The molecule has 0 fully saturated rings. The molecule has 0 saturated heterocycles. The van der Waals surface area contributed by atoms with Crippen molar-refractivity contribution >= 4 is 17.9 Å². The number of benzene rings is 2. The lowest BCUT2D eigenvalue weighted by molar-refractivity contribution is -0.143. The second kappa shape index (κ2) is 13.5. The second-order valence-corrected chi connectivity index (χ2v) is 10.2. The molecule has 198 valence electrons. The molecule has 2 atom stereocenters. The molecule has 2 rings (SSSR count). The quantitative estimate of drug-likeness (QED) is 0.454. The van der Waals surface area contributed by atoms with Crippen molar-refractivity contribution in [3.05, 3.63) is 71.3 Å². The molecule has 0 aliphatic carbocycles. The van der Waals surface area contributed by atoms with Crippen LogP contribution in [0.15, 0.2) is 54.6 Å². The van der Waals surface area contributed by atoms with Crippen molar-refractivity contribution in [3.63, 3.8) is 0 Å². The third kappa shape index (κ3) is 8.68. The van der Waals surface area contributed by atoms with Gasteiger partial charge in [-0.3, -0.25) is 9.59 Å². The number of carbonyl (C=O) groups excluding carboxylic acids is 3. The first kappa shape index (κ1) is 29.4. The Labute approximate surface area is 221 Å². The fourth-order valence-electron chi connectivity index (χ4n) is 3.93. The molecule has 3 amide bonds. The van der Waals surface area contributed by atoms with Gasteiger partial charge in [0.15, 0.2) is 0 Å². The normalized spacial score (nSPS) is 12.7. The summed E-state index contributed by atoms with van der Waals surface area (Å²) in [5, 5.41) is 5.69. The highest BCUT2D eigenvalue weighted by atomic mass is 16.6. The molecule has 7 nitrogen and oxygen atoms in total. The standard InChI is InChI=1S/C30H39N3O4/c1-8-19-33(28(35)25(21(3)4)32-29(36)37-30(5,6)7)26(24-18-14-13-17-23(24)9-2)27(34)31-20-22-15-11-10-12-16-22/h2,10-18,21,25-26H,8,19-20H2,1,3-7H3,(H,31,34)(H,32,36). The van der Waals surface area contributed by atoms with Crippen LogP contribution < -0.4 is 10.6 Å². The van der Waals surface area contributed by atoms with Gasteiger partial charge in [0.1, 0.15) is 17.7 Å². The Morgan fingerprint density at radius 1 is 1.03 bits per heavy atom. The fourth-order valence-corrected chi connectivity index (χ4v) is 3.93. The van der Waals surface area contributed by atoms with Gasteiger partial charge in [-0.2, -0.15) is 0 Å². The summed E-state index contributed by atoms with van der Waals surface area (Å²) >= 11 is 0. The molecule has 0 heterocycles. The topological polar surface area (TPSA) is 87.7 Å². The largest absolute Gasteiger partial charge is 0.444 e. The monoisotopic (exact) mass is 505 g/mol. The van der Waals surface area contributed by atoms with Gasteiger partial charge < -0.3 is 20.3 Å². The molecule has 7 heteroatoms. The van der Waals surface area contributed by atoms with Gasteiger partial charge in [0.25, 0.3) is 0 Å². The molecular formula is C30H39N3O4. The summed E-state index contributed by atoms with van der Waals surface area (Å²) < 4.78 is 5.40. The number of ether oxygens (including phenoxy) is 1. The Balaban J connectivity index is 2.47. The van der Waals surface area contributed by atoms with Gasteiger partial charge in [0, 0.05) is 18.7 Å². The lowest BCUT2D eigenvalue weighted by Gasteiger charge is -2.35. The zero-order chi connectivity index (χ0) is 27.6. The van der Waals surface area contributed by atoms with Gasteiger partial charge in [0.05, 0.1) is 0 Å². The fraction of sp³-hybridized carbons (Fsp3) is 0.433. The van der Waals surface area contributed by atoms with E-state index in [0.717, 1.165) is 5.56 Å². The molecule has 0 radical (unpaired) electrons. The molecule has 2 aromatic rings. The van der Waals surface area contributed by atoms with E-state index in [4.69, 9.17) is 11.2 Å². The van der Waals surface area contributed by atoms with Gasteiger partial charge in [0.2, 0.25) is 11.8 Å². The van der Waals surface area contributed by atoms with Gasteiger partial charge in [-0.05, 0) is 50.3 Å². The number of carbonyl (C=O) groups is 3. The van der Waals surface area contributed by atoms with Crippen molar-refractivity contribution in [1.82, 2.24) is 15.5 Å². The van der Waals surface area contributed by atoms with Crippen LogP contribution in [0.2, 0.25) is 0 Å². The van der Waals surface area contributed by atoms with Crippen molar-refractivity contribution in [1.29, 1.82) is 0 Å². The van der Waals surface area contributed by atoms with E-state index >= 15 is 0 Å². The van der Waals surface area contributed by atoms with Crippen molar-refractivity contribution < 1.29 is 19.1 Å². The average Bonchev–Trinajstić information content (AvgIpc) is 2.85. The summed E-state index contributed by atoms with van der Waals surface area (Å²) in [6.07, 6.45) is 5.69. The zero-order valence-electron chi connectivity index (χ0n) is 22.7. The summed E-state index contributed by atoms with van der Waals surface area (Å²) in [5.74, 6) is 1.65. The number of nitrogens with one attached hydrogen (secondary N) is 2. The molecule has 2 aromatic carbocycles. The van der Waals surface area contributed by atoms with Crippen molar-refractivity contribution in [3.8, 4) is 12.3 Å². The van der Waals surface area contributed by atoms with Crippen LogP contribution in [-0.2, 0) is 20.9 Å². The van der Waals surface area contributed by atoms with Gasteiger partial charge in [-0.15, -0.1) is 6.42 Å². The number of nitrogens with zero attached hydrogens (tertiary/aromatic N) is 1. The summed E-state index contributed by atoms with van der Waals surface area (Å²) in [4.78, 5) is 41.8. The van der Waals surface area contributed by atoms with E-state index in [0.29, 0.717) is 30.6 Å². The van der Waals surface area contributed by atoms with Crippen LogP contribution in [0, 0.1) is 18.3 Å².